The number of carbonyl (C=O) groups excluding carboxylic acids is 1. The van der Waals surface area contributed by atoms with E-state index in [1.807, 2.05) is 0 Å². The predicted octanol–water partition coefficient (Wildman–Crippen LogP) is 1.75. The monoisotopic (exact) mass is 289 g/mol. The Morgan fingerprint density at radius 2 is 1.94 bits per heavy atom. The molecule has 0 spiro atoms. The first kappa shape index (κ1) is 13.2. The number of likely N-dealkylation sites (N-methyl/N-ethyl adjacent to an activating group) is 1. The van der Waals surface area contributed by atoms with E-state index in [0.29, 0.717) is 11.4 Å². The molecule has 18 heavy (non-hydrogen) atoms. The molecule has 98 valence electrons. The standard InChI is InChI=1S/C11H12ClNO4S/c1-11(2)10(14)13(3)8-5-4-7(18(12,15)16)6-9(8)17-11/h4-6H,1-3H3. The number of amides is 1. The fourth-order valence-corrected chi connectivity index (χ4v) is 2.60. The van der Waals surface area contributed by atoms with E-state index < -0.39 is 14.7 Å². The molecule has 1 heterocycles. The molecule has 1 aliphatic heterocycles. The third-order valence-corrected chi connectivity index (χ3v) is 4.11. The molecule has 0 bridgehead atoms. The van der Waals surface area contributed by atoms with E-state index in [2.05, 4.69) is 0 Å². The van der Waals surface area contributed by atoms with Crippen molar-refractivity contribution in [2.45, 2.75) is 24.3 Å². The molecule has 0 fully saturated rings. The average molecular weight is 290 g/mol. The summed E-state index contributed by atoms with van der Waals surface area (Å²) in [4.78, 5) is 13.3. The summed E-state index contributed by atoms with van der Waals surface area (Å²) in [7, 11) is 3.07. The zero-order chi connectivity index (χ0) is 13.7. The Bertz CT molecular complexity index is 624. The number of hydrogen-bond acceptors (Lipinski definition) is 4. The number of ether oxygens (including phenoxy) is 1. The Morgan fingerprint density at radius 3 is 2.50 bits per heavy atom. The van der Waals surface area contributed by atoms with Gasteiger partial charge in [-0.2, -0.15) is 0 Å². The van der Waals surface area contributed by atoms with E-state index >= 15 is 0 Å². The molecular weight excluding hydrogens is 278 g/mol. The van der Waals surface area contributed by atoms with Gasteiger partial charge in [0.1, 0.15) is 5.75 Å². The van der Waals surface area contributed by atoms with Crippen LogP contribution in [-0.2, 0) is 13.8 Å². The van der Waals surface area contributed by atoms with Gasteiger partial charge in [-0.05, 0) is 26.0 Å². The zero-order valence-corrected chi connectivity index (χ0v) is 11.7. The molecule has 7 heteroatoms. The van der Waals surface area contributed by atoms with Crippen molar-refractivity contribution in [2.24, 2.45) is 0 Å². The number of hydrogen-bond donors (Lipinski definition) is 0. The summed E-state index contributed by atoms with van der Waals surface area (Å²) in [5.41, 5.74) is -0.514. The van der Waals surface area contributed by atoms with Crippen LogP contribution in [0.5, 0.6) is 5.75 Å². The van der Waals surface area contributed by atoms with Gasteiger partial charge in [0.15, 0.2) is 5.60 Å². The molecule has 0 N–H and O–H groups in total. The normalized spacial score (nSPS) is 18.2. The average Bonchev–Trinajstić information content (AvgIpc) is 2.23. The highest BCUT2D eigenvalue weighted by atomic mass is 35.7. The van der Waals surface area contributed by atoms with E-state index in [1.165, 1.54) is 23.1 Å². The number of benzene rings is 1. The SMILES string of the molecule is CN1C(=O)C(C)(C)Oc2cc(S(=O)(=O)Cl)ccc21. The summed E-state index contributed by atoms with van der Waals surface area (Å²) in [6.07, 6.45) is 0. The number of anilines is 1. The zero-order valence-electron chi connectivity index (χ0n) is 10.1. The van der Waals surface area contributed by atoms with Crippen molar-refractivity contribution >= 4 is 31.3 Å². The second-order valence-corrected chi connectivity index (χ2v) is 7.11. The van der Waals surface area contributed by atoms with Crippen LogP contribution in [0.3, 0.4) is 0 Å². The lowest BCUT2D eigenvalue weighted by atomic mass is 10.0. The minimum atomic E-state index is -3.82. The van der Waals surface area contributed by atoms with Crippen molar-refractivity contribution in [2.75, 3.05) is 11.9 Å². The lowest BCUT2D eigenvalue weighted by Gasteiger charge is -2.36. The first-order chi connectivity index (χ1) is 8.13. The van der Waals surface area contributed by atoms with Crippen molar-refractivity contribution in [1.29, 1.82) is 0 Å². The molecule has 1 amide bonds. The van der Waals surface area contributed by atoms with E-state index in [4.69, 9.17) is 15.4 Å². The number of rotatable bonds is 1. The van der Waals surface area contributed by atoms with Gasteiger partial charge in [-0.15, -0.1) is 0 Å². The second-order valence-electron chi connectivity index (χ2n) is 4.54. The number of nitrogens with zero attached hydrogens (tertiary/aromatic N) is 1. The van der Waals surface area contributed by atoms with Gasteiger partial charge in [-0.25, -0.2) is 8.42 Å². The van der Waals surface area contributed by atoms with Crippen LogP contribution < -0.4 is 9.64 Å². The van der Waals surface area contributed by atoms with Crippen molar-refractivity contribution in [3.8, 4) is 5.75 Å². The summed E-state index contributed by atoms with van der Waals surface area (Å²) in [5.74, 6) is 0.125. The fourth-order valence-electron chi connectivity index (χ4n) is 1.84. The van der Waals surface area contributed by atoms with Gasteiger partial charge in [0.25, 0.3) is 15.0 Å². The van der Waals surface area contributed by atoms with Crippen molar-refractivity contribution < 1.29 is 17.9 Å². The highest BCUT2D eigenvalue weighted by Crippen LogP contribution is 2.38. The number of carbonyl (C=O) groups is 1. The Labute approximate surface area is 110 Å². The molecular formula is C11H12ClNO4S. The molecule has 0 atom stereocenters. The van der Waals surface area contributed by atoms with Crippen molar-refractivity contribution in [3.05, 3.63) is 18.2 Å². The van der Waals surface area contributed by atoms with Crippen LogP contribution in [0.25, 0.3) is 0 Å². The molecule has 0 saturated carbocycles. The van der Waals surface area contributed by atoms with Gasteiger partial charge in [0.2, 0.25) is 0 Å². The van der Waals surface area contributed by atoms with Crippen LogP contribution >= 0.6 is 10.7 Å². The first-order valence-electron chi connectivity index (χ1n) is 5.19. The number of halogens is 1. The van der Waals surface area contributed by atoms with E-state index in [1.54, 1.807) is 20.9 Å². The maximum Gasteiger partial charge on any atom is 0.270 e. The Morgan fingerprint density at radius 1 is 1.33 bits per heavy atom. The maximum atomic E-state index is 11.9. The predicted molar refractivity (Wildman–Crippen MR) is 67.6 cm³/mol. The lowest BCUT2D eigenvalue weighted by molar-refractivity contribution is -0.132. The van der Waals surface area contributed by atoms with Gasteiger partial charge >= 0.3 is 0 Å². The molecule has 2 rings (SSSR count). The number of fused-ring (bicyclic) bond motifs is 1. The topological polar surface area (TPSA) is 63.7 Å². The smallest absolute Gasteiger partial charge is 0.270 e. The fraction of sp³-hybridized carbons (Fsp3) is 0.364. The molecule has 1 aromatic rings. The summed E-state index contributed by atoms with van der Waals surface area (Å²) in [5, 5.41) is 0. The molecule has 0 aliphatic carbocycles. The van der Waals surface area contributed by atoms with Crippen LogP contribution in [0, 0.1) is 0 Å². The second kappa shape index (κ2) is 3.86. The molecule has 0 radical (unpaired) electrons. The third kappa shape index (κ3) is 2.06. The molecule has 0 saturated heterocycles. The van der Waals surface area contributed by atoms with E-state index in [9.17, 15) is 13.2 Å². The van der Waals surface area contributed by atoms with Gasteiger partial charge in [-0.3, -0.25) is 4.79 Å². The lowest BCUT2D eigenvalue weighted by Crippen LogP contribution is -2.50. The maximum absolute atomic E-state index is 11.9. The van der Waals surface area contributed by atoms with E-state index in [0.717, 1.165) is 0 Å². The van der Waals surface area contributed by atoms with Gasteiger partial charge in [0, 0.05) is 23.8 Å². The Kier molecular flexibility index (Phi) is 2.82. The molecule has 1 aliphatic rings. The summed E-state index contributed by atoms with van der Waals surface area (Å²) < 4.78 is 28.0. The quantitative estimate of drug-likeness (QED) is 0.739. The minimum Gasteiger partial charge on any atom is -0.476 e. The summed E-state index contributed by atoms with van der Waals surface area (Å²) in [6, 6.07) is 4.16. The van der Waals surface area contributed by atoms with Crippen LogP contribution in [0.2, 0.25) is 0 Å². The van der Waals surface area contributed by atoms with Crippen LogP contribution in [0.1, 0.15) is 13.8 Å². The van der Waals surface area contributed by atoms with E-state index in [-0.39, 0.29) is 10.8 Å². The van der Waals surface area contributed by atoms with Gasteiger partial charge in [0.05, 0.1) is 10.6 Å². The summed E-state index contributed by atoms with van der Waals surface area (Å²) in [6.45, 7) is 3.24. The Hall–Kier alpha value is -1.27. The molecule has 0 aromatic heterocycles. The van der Waals surface area contributed by atoms with Crippen molar-refractivity contribution in [1.82, 2.24) is 0 Å². The summed E-state index contributed by atoms with van der Waals surface area (Å²) >= 11 is 0. The highest BCUT2D eigenvalue weighted by molar-refractivity contribution is 8.13. The third-order valence-electron chi connectivity index (χ3n) is 2.76. The molecule has 5 nitrogen and oxygen atoms in total. The molecule has 0 unspecified atom stereocenters. The van der Waals surface area contributed by atoms with Crippen LogP contribution in [0.4, 0.5) is 5.69 Å². The highest BCUT2D eigenvalue weighted by Gasteiger charge is 2.39. The minimum absolute atomic E-state index is 0.0542. The molecule has 1 aromatic carbocycles. The first-order valence-corrected chi connectivity index (χ1v) is 7.50. The van der Waals surface area contributed by atoms with Crippen LogP contribution in [-0.4, -0.2) is 27.0 Å². The van der Waals surface area contributed by atoms with Crippen molar-refractivity contribution in [3.63, 3.8) is 0 Å². The Balaban J connectivity index is 2.59. The van der Waals surface area contributed by atoms with Gasteiger partial charge in [-0.1, -0.05) is 0 Å². The largest absolute Gasteiger partial charge is 0.476 e. The van der Waals surface area contributed by atoms with Gasteiger partial charge < -0.3 is 9.64 Å². The van der Waals surface area contributed by atoms with Crippen LogP contribution in [0.15, 0.2) is 23.1 Å².